The van der Waals surface area contributed by atoms with E-state index in [1.807, 2.05) is 60.0 Å². The molecule has 4 nitrogen and oxygen atoms in total. The van der Waals surface area contributed by atoms with Crippen molar-refractivity contribution < 1.29 is 4.79 Å². The summed E-state index contributed by atoms with van der Waals surface area (Å²) in [5, 5.41) is 6.79. The Labute approximate surface area is 142 Å². The first-order chi connectivity index (χ1) is 11.8. The molecule has 0 radical (unpaired) electrons. The lowest BCUT2D eigenvalue weighted by Crippen LogP contribution is -1.96. The molecule has 1 N–H and O–H groups in total. The number of nitrogens with zero attached hydrogens (tertiary/aromatic N) is 2. The maximum absolute atomic E-state index is 11.3. The van der Waals surface area contributed by atoms with Gasteiger partial charge in [0.05, 0.1) is 11.2 Å². The smallest absolute Gasteiger partial charge is 0.188 e. The maximum atomic E-state index is 11.3. The van der Waals surface area contributed by atoms with E-state index in [-0.39, 0.29) is 0 Å². The zero-order valence-corrected chi connectivity index (χ0v) is 13.5. The topological polar surface area (TPSA) is 54.9 Å². The summed E-state index contributed by atoms with van der Waals surface area (Å²) in [6, 6.07) is 19.4. The van der Waals surface area contributed by atoms with E-state index in [2.05, 4.69) is 15.3 Å². The van der Waals surface area contributed by atoms with Crippen molar-refractivity contribution >= 4 is 39.5 Å². The third-order valence-corrected chi connectivity index (χ3v) is 4.44. The molecule has 0 unspecified atom stereocenters. The highest BCUT2D eigenvalue weighted by Crippen LogP contribution is 2.28. The normalized spacial score (nSPS) is 10.7. The molecular formula is C19H13N3OS. The van der Waals surface area contributed by atoms with Gasteiger partial charge in [-0.2, -0.15) is 0 Å². The molecule has 0 amide bonds. The van der Waals surface area contributed by atoms with Crippen LogP contribution in [0.4, 0.5) is 10.9 Å². The monoisotopic (exact) mass is 331 g/mol. The number of benzene rings is 2. The lowest BCUT2D eigenvalue weighted by molar-refractivity contribution is 0.112. The fourth-order valence-corrected chi connectivity index (χ4v) is 3.27. The molecule has 5 heteroatoms. The second-order valence-electron chi connectivity index (χ2n) is 5.26. The van der Waals surface area contributed by atoms with Crippen LogP contribution >= 0.6 is 11.3 Å². The van der Waals surface area contributed by atoms with E-state index in [0.29, 0.717) is 11.4 Å². The summed E-state index contributed by atoms with van der Waals surface area (Å²) in [6.07, 6.45) is 0.854. The summed E-state index contributed by atoms with van der Waals surface area (Å²) in [5.74, 6) is 0.616. The summed E-state index contributed by atoms with van der Waals surface area (Å²) >= 11 is 1.51. The van der Waals surface area contributed by atoms with Crippen molar-refractivity contribution in [2.75, 3.05) is 5.32 Å². The Balaban J connectivity index is 1.67. The molecule has 0 aliphatic carbocycles. The molecule has 2 aromatic heterocycles. The molecule has 4 rings (SSSR count). The number of thiazole rings is 1. The summed E-state index contributed by atoms with van der Waals surface area (Å²) < 4.78 is 0. The van der Waals surface area contributed by atoms with E-state index < -0.39 is 0 Å². The zero-order chi connectivity index (χ0) is 16.4. The molecular weight excluding hydrogens is 318 g/mol. The average Bonchev–Trinajstić information content (AvgIpc) is 3.10. The minimum atomic E-state index is 0.614. The van der Waals surface area contributed by atoms with Gasteiger partial charge in [0.25, 0.3) is 0 Å². The van der Waals surface area contributed by atoms with Crippen LogP contribution in [0.15, 0.2) is 66.0 Å². The van der Waals surface area contributed by atoms with Crippen molar-refractivity contribution in [2.45, 2.75) is 0 Å². The van der Waals surface area contributed by atoms with Gasteiger partial charge in [-0.1, -0.05) is 48.5 Å². The van der Waals surface area contributed by atoms with Crippen molar-refractivity contribution in [1.82, 2.24) is 9.97 Å². The van der Waals surface area contributed by atoms with Crippen molar-refractivity contribution in [3.05, 3.63) is 71.6 Å². The molecule has 0 atom stereocenters. The van der Waals surface area contributed by atoms with Crippen molar-refractivity contribution in [2.24, 2.45) is 0 Å². The zero-order valence-electron chi connectivity index (χ0n) is 12.6. The largest absolute Gasteiger partial charge is 0.316 e. The van der Waals surface area contributed by atoms with Gasteiger partial charge in [0, 0.05) is 21.9 Å². The minimum Gasteiger partial charge on any atom is -0.316 e. The van der Waals surface area contributed by atoms with Crippen LogP contribution in [0.2, 0.25) is 0 Å². The molecule has 0 bridgehead atoms. The summed E-state index contributed by atoms with van der Waals surface area (Å²) in [4.78, 5) is 20.5. The van der Waals surface area contributed by atoms with E-state index in [0.717, 1.165) is 33.6 Å². The lowest BCUT2D eigenvalue weighted by Gasteiger charge is -2.06. The van der Waals surface area contributed by atoms with Crippen LogP contribution < -0.4 is 5.32 Å². The van der Waals surface area contributed by atoms with Crippen LogP contribution in [0.1, 0.15) is 10.4 Å². The molecule has 2 heterocycles. The van der Waals surface area contributed by atoms with Gasteiger partial charge in [-0.25, -0.2) is 9.97 Å². The Morgan fingerprint density at radius 1 is 0.958 bits per heavy atom. The number of fused-ring (bicyclic) bond motifs is 1. The first kappa shape index (κ1) is 14.5. The average molecular weight is 331 g/mol. The quantitative estimate of drug-likeness (QED) is 0.540. The second kappa shape index (κ2) is 6.22. The molecule has 116 valence electrons. The highest BCUT2D eigenvalue weighted by Gasteiger charge is 2.08. The van der Waals surface area contributed by atoms with Crippen LogP contribution in [0.5, 0.6) is 0 Å². The van der Waals surface area contributed by atoms with Crippen LogP contribution in [0, 0.1) is 0 Å². The van der Waals surface area contributed by atoms with Gasteiger partial charge < -0.3 is 5.32 Å². The number of aromatic nitrogens is 2. The number of aldehydes is 1. The van der Waals surface area contributed by atoms with Crippen LogP contribution in [0.25, 0.3) is 22.2 Å². The molecule has 0 saturated carbocycles. The van der Waals surface area contributed by atoms with E-state index in [1.165, 1.54) is 11.3 Å². The maximum Gasteiger partial charge on any atom is 0.188 e. The number of hydrogen-bond donors (Lipinski definition) is 1. The fraction of sp³-hybridized carbons (Fsp3) is 0. The number of carbonyl (C=O) groups is 1. The fourth-order valence-electron chi connectivity index (χ4n) is 2.55. The van der Waals surface area contributed by atoms with E-state index in [1.54, 1.807) is 6.07 Å². The number of carbonyl (C=O) groups excluding carboxylic acids is 1. The lowest BCUT2D eigenvalue weighted by atomic mass is 10.1. The Morgan fingerprint density at radius 2 is 1.75 bits per heavy atom. The van der Waals surface area contributed by atoms with E-state index in [9.17, 15) is 4.79 Å². The van der Waals surface area contributed by atoms with Gasteiger partial charge >= 0.3 is 0 Å². The number of pyridine rings is 1. The van der Waals surface area contributed by atoms with Crippen molar-refractivity contribution in [3.8, 4) is 11.3 Å². The Morgan fingerprint density at radius 3 is 2.58 bits per heavy atom. The molecule has 0 saturated heterocycles. The third kappa shape index (κ3) is 2.77. The van der Waals surface area contributed by atoms with Gasteiger partial charge in [0.1, 0.15) is 5.82 Å². The third-order valence-electron chi connectivity index (χ3n) is 3.68. The molecule has 0 aliphatic rings. The van der Waals surface area contributed by atoms with Gasteiger partial charge in [-0.05, 0) is 12.1 Å². The molecule has 24 heavy (non-hydrogen) atoms. The number of anilines is 2. The van der Waals surface area contributed by atoms with Crippen LogP contribution in [-0.4, -0.2) is 16.3 Å². The minimum absolute atomic E-state index is 0.614. The molecule has 4 aromatic rings. The SMILES string of the molecule is O=Cc1cc(Nc2nc(-c3ccccc3)cs2)nc2ccccc12. The Kier molecular flexibility index (Phi) is 3.76. The first-order valence-corrected chi connectivity index (χ1v) is 8.34. The van der Waals surface area contributed by atoms with Gasteiger partial charge in [-0.3, -0.25) is 4.79 Å². The molecule has 0 spiro atoms. The number of rotatable bonds is 4. The van der Waals surface area contributed by atoms with E-state index in [4.69, 9.17) is 0 Å². The predicted molar refractivity (Wildman–Crippen MR) is 98.0 cm³/mol. The Hall–Kier alpha value is -3.05. The van der Waals surface area contributed by atoms with E-state index >= 15 is 0 Å². The van der Waals surface area contributed by atoms with Crippen LogP contribution in [-0.2, 0) is 0 Å². The number of nitrogens with one attached hydrogen (secondary N) is 1. The molecule has 0 aliphatic heterocycles. The predicted octanol–water partition coefficient (Wildman–Crippen LogP) is 4.91. The Bertz CT molecular complexity index is 1010. The molecule has 2 aromatic carbocycles. The van der Waals surface area contributed by atoms with Crippen molar-refractivity contribution in [3.63, 3.8) is 0 Å². The highest BCUT2D eigenvalue weighted by molar-refractivity contribution is 7.14. The summed E-state index contributed by atoms with van der Waals surface area (Å²) in [6.45, 7) is 0. The van der Waals surface area contributed by atoms with Crippen LogP contribution in [0.3, 0.4) is 0 Å². The highest BCUT2D eigenvalue weighted by atomic mass is 32.1. The van der Waals surface area contributed by atoms with Gasteiger partial charge in [0.15, 0.2) is 11.4 Å². The number of para-hydroxylation sites is 1. The summed E-state index contributed by atoms with van der Waals surface area (Å²) in [7, 11) is 0. The van der Waals surface area contributed by atoms with Crippen molar-refractivity contribution in [1.29, 1.82) is 0 Å². The standard InChI is InChI=1S/C19H13N3OS/c23-11-14-10-18(20-16-9-5-4-8-15(14)16)22-19-21-17(12-24-19)13-6-2-1-3-7-13/h1-12H,(H,20,21,22). The first-order valence-electron chi connectivity index (χ1n) is 7.46. The van der Waals surface area contributed by atoms with Gasteiger partial charge in [-0.15, -0.1) is 11.3 Å². The molecule has 0 fully saturated rings. The van der Waals surface area contributed by atoms with Gasteiger partial charge in [0.2, 0.25) is 0 Å². The number of hydrogen-bond acceptors (Lipinski definition) is 5. The second-order valence-corrected chi connectivity index (χ2v) is 6.12. The summed E-state index contributed by atoms with van der Waals surface area (Å²) in [5.41, 5.74) is 3.38.